The Kier molecular flexibility index (Phi) is 4.35. The number of thiophene rings is 1. The van der Waals surface area contributed by atoms with Crippen LogP contribution in [0.15, 0.2) is 34.5 Å². The monoisotopic (exact) mass is 353 g/mol. The second-order valence-electron chi connectivity index (χ2n) is 5.38. The van der Waals surface area contributed by atoms with E-state index in [0.29, 0.717) is 27.6 Å². The lowest BCUT2D eigenvalue weighted by Crippen LogP contribution is -2.36. The number of aliphatic hydroxyl groups excluding tert-OH is 1. The number of rotatable bonds is 4. The molecule has 1 aliphatic heterocycles. The van der Waals surface area contributed by atoms with Crippen LogP contribution in [0.3, 0.4) is 0 Å². The first-order valence-electron chi connectivity index (χ1n) is 7.44. The maximum Gasteiger partial charge on any atom is 0.273 e. The van der Waals surface area contributed by atoms with Crippen LogP contribution in [-0.4, -0.2) is 27.2 Å². The van der Waals surface area contributed by atoms with Gasteiger partial charge in [0, 0.05) is 17.0 Å². The molecule has 1 aromatic heterocycles. The molecule has 2 aromatic rings. The summed E-state index contributed by atoms with van der Waals surface area (Å²) < 4.78 is 32.8. The van der Waals surface area contributed by atoms with E-state index in [2.05, 4.69) is 0 Å². The van der Waals surface area contributed by atoms with Gasteiger partial charge in [0.05, 0.1) is 18.9 Å². The number of anilines is 1. The van der Waals surface area contributed by atoms with Crippen LogP contribution in [-0.2, 0) is 16.4 Å². The molecular weight excluding hydrogens is 334 g/mol. The van der Waals surface area contributed by atoms with Crippen LogP contribution in [0.2, 0.25) is 0 Å². The van der Waals surface area contributed by atoms with Gasteiger partial charge >= 0.3 is 0 Å². The minimum Gasteiger partial charge on any atom is -0.497 e. The molecule has 124 valence electrons. The standard InChI is InChI=1S/C16H19NO4S2/c1-3-12-5-7-16(22-12)23(19,20)17-9-8-15(18)13-10-11(21-2)4-6-14(13)17/h4-7,10,15,18H,3,8-9H2,1-2H3. The number of hydrogen-bond acceptors (Lipinski definition) is 5. The largest absolute Gasteiger partial charge is 0.497 e. The fraction of sp³-hybridized carbons (Fsp3) is 0.375. The van der Waals surface area contributed by atoms with Crippen molar-refractivity contribution in [1.82, 2.24) is 0 Å². The number of fused-ring (bicyclic) bond motifs is 1. The first-order chi connectivity index (χ1) is 11.0. The van der Waals surface area contributed by atoms with E-state index in [9.17, 15) is 13.5 Å². The maximum atomic E-state index is 13.0. The van der Waals surface area contributed by atoms with Crippen LogP contribution >= 0.6 is 11.3 Å². The van der Waals surface area contributed by atoms with Crippen LogP contribution in [0.1, 0.15) is 29.9 Å². The van der Waals surface area contributed by atoms with Crippen molar-refractivity contribution in [2.24, 2.45) is 0 Å². The SMILES string of the molecule is CCc1ccc(S(=O)(=O)N2CCC(O)c3cc(OC)ccc32)s1. The minimum atomic E-state index is -3.61. The zero-order valence-electron chi connectivity index (χ0n) is 13.0. The van der Waals surface area contributed by atoms with Crippen molar-refractivity contribution in [2.75, 3.05) is 18.0 Å². The summed E-state index contributed by atoms with van der Waals surface area (Å²) in [4.78, 5) is 1.04. The van der Waals surface area contributed by atoms with Crippen molar-refractivity contribution in [3.8, 4) is 5.75 Å². The van der Waals surface area contributed by atoms with Gasteiger partial charge in [-0.05, 0) is 43.2 Å². The highest BCUT2D eigenvalue weighted by atomic mass is 32.2. The van der Waals surface area contributed by atoms with Gasteiger partial charge in [-0.15, -0.1) is 11.3 Å². The molecule has 0 saturated heterocycles. The Morgan fingerprint density at radius 3 is 2.78 bits per heavy atom. The Balaban J connectivity index is 2.06. The lowest BCUT2D eigenvalue weighted by Gasteiger charge is -2.32. The van der Waals surface area contributed by atoms with Gasteiger partial charge in [-0.1, -0.05) is 6.92 Å². The summed E-state index contributed by atoms with van der Waals surface area (Å²) in [5, 5.41) is 10.2. The number of aryl methyl sites for hydroxylation is 1. The van der Waals surface area contributed by atoms with Crippen molar-refractivity contribution < 1.29 is 18.3 Å². The highest BCUT2D eigenvalue weighted by Gasteiger charge is 2.33. The number of sulfonamides is 1. The van der Waals surface area contributed by atoms with E-state index < -0.39 is 16.1 Å². The van der Waals surface area contributed by atoms with Gasteiger partial charge in [-0.3, -0.25) is 4.31 Å². The second-order valence-corrected chi connectivity index (χ2v) is 8.64. The van der Waals surface area contributed by atoms with Crippen molar-refractivity contribution >= 4 is 27.0 Å². The molecule has 1 N–H and O–H groups in total. The molecule has 1 aliphatic rings. The number of nitrogens with zero attached hydrogens (tertiary/aromatic N) is 1. The highest BCUT2D eigenvalue weighted by molar-refractivity contribution is 7.94. The predicted molar refractivity (Wildman–Crippen MR) is 90.8 cm³/mol. The Bertz CT molecular complexity index is 813. The van der Waals surface area contributed by atoms with Gasteiger partial charge in [0.25, 0.3) is 10.0 Å². The molecule has 7 heteroatoms. The molecule has 1 aromatic carbocycles. The topological polar surface area (TPSA) is 66.8 Å². The van der Waals surface area contributed by atoms with E-state index in [1.807, 2.05) is 13.0 Å². The number of benzene rings is 1. The lowest BCUT2D eigenvalue weighted by molar-refractivity contribution is 0.166. The van der Waals surface area contributed by atoms with Crippen molar-refractivity contribution in [2.45, 2.75) is 30.1 Å². The van der Waals surface area contributed by atoms with E-state index in [-0.39, 0.29) is 6.54 Å². The van der Waals surface area contributed by atoms with Gasteiger partial charge in [0.15, 0.2) is 0 Å². The Morgan fingerprint density at radius 2 is 2.13 bits per heavy atom. The van der Waals surface area contributed by atoms with E-state index in [0.717, 1.165) is 11.3 Å². The van der Waals surface area contributed by atoms with Crippen LogP contribution in [0.25, 0.3) is 0 Å². The molecular formula is C16H19NO4S2. The molecule has 0 amide bonds. The molecule has 0 saturated carbocycles. The van der Waals surface area contributed by atoms with Gasteiger partial charge in [-0.25, -0.2) is 8.42 Å². The van der Waals surface area contributed by atoms with E-state index in [1.165, 1.54) is 15.6 Å². The predicted octanol–water partition coefficient (Wildman–Crippen LogP) is 2.95. The van der Waals surface area contributed by atoms with Gasteiger partial charge in [0.2, 0.25) is 0 Å². The molecule has 0 aliphatic carbocycles. The number of methoxy groups -OCH3 is 1. The minimum absolute atomic E-state index is 0.266. The van der Waals surface area contributed by atoms with Crippen molar-refractivity contribution in [3.05, 3.63) is 40.8 Å². The number of hydrogen-bond donors (Lipinski definition) is 1. The third-order valence-electron chi connectivity index (χ3n) is 4.00. The molecule has 1 unspecified atom stereocenters. The van der Waals surface area contributed by atoms with Crippen LogP contribution in [0.5, 0.6) is 5.75 Å². The first kappa shape index (κ1) is 16.3. The maximum absolute atomic E-state index is 13.0. The van der Waals surface area contributed by atoms with Gasteiger partial charge in [0.1, 0.15) is 9.96 Å². The van der Waals surface area contributed by atoms with Crippen molar-refractivity contribution in [3.63, 3.8) is 0 Å². The third-order valence-corrected chi connectivity index (χ3v) is 7.51. The summed E-state index contributed by atoms with van der Waals surface area (Å²) in [5.74, 6) is 0.603. The summed E-state index contributed by atoms with van der Waals surface area (Å²) in [7, 11) is -2.06. The normalized spacial score (nSPS) is 17.9. The highest BCUT2D eigenvalue weighted by Crippen LogP contribution is 2.39. The molecule has 23 heavy (non-hydrogen) atoms. The van der Waals surface area contributed by atoms with Gasteiger partial charge in [-0.2, -0.15) is 0 Å². The molecule has 0 spiro atoms. The smallest absolute Gasteiger partial charge is 0.273 e. The van der Waals surface area contributed by atoms with Gasteiger partial charge < -0.3 is 9.84 Å². The summed E-state index contributed by atoms with van der Waals surface area (Å²) in [6.07, 6.45) is 0.499. The average molecular weight is 353 g/mol. The van der Waals surface area contributed by atoms with E-state index in [4.69, 9.17) is 4.74 Å². The van der Waals surface area contributed by atoms with Crippen molar-refractivity contribution in [1.29, 1.82) is 0 Å². The van der Waals surface area contributed by atoms with Crippen LogP contribution in [0, 0.1) is 0 Å². The Morgan fingerprint density at radius 1 is 1.35 bits per heavy atom. The number of aliphatic hydroxyl groups is 1. The fourth-order valence-electron chi connectivity index (χ4n) is 2.71. The van der Waals surface area contributed by atoms with Crippen LogP contribution < -0.4 is 9.04 Å². The second kappa shape index (κ2) is 6.14. The molecule has 0 bridgehead atoms. The summed E-state index contributed by atoms with van der Waals surface area (Å²) in [6, 6.07) is 8.62. The lowest BCUT2D eigenvalue weighted by atomic mass is 10.0. The molecule has 2 heterocycles. The summed E-state index contributed by atoms with van der Waals surface area (Å²) >= 11 is 1.30. The third kappa shape index (κ3) is 2.84. The number of ether oxygens (including phenoxy) is 1. The van der Waals surface area contributed by atoms with E-state index in [1.54, 1.807) is 31.4 Å². The summed E-state index contributed by atoms with van der Waals surface area (Å²) in [6.45, 7) is 2.27. The zero-order valence-corrected chi connectivity index (χ0v) is 14.7. The molecule has 0 fully saturated rings. The van der Waals surface area contributed by atoms with E-state index >= 15 is 0 Å². The summed E-state index contributed by atoms with van der Waals surface area (Å²) in [5.41, 5.74) is 1.11. The molecule has 0 radical (unpaired) electrons. The van der Waals surface area contributed by atoms with Crippen LogP contribution in [0.4, 0.5) is 5.69 Å². The molecule has 1 atom stereocenters. The first-order valence-corrected chi connectivity index (χ1v) is 9.70. The zero-order chi connectivity index (χ0) is 16.6. The fourth-order valence-corrected chi connectivity index (χ4v) is 5.63. The Hall–Kier alpha value is -1.57. The average Bonchev–Trinajstić information content (AvgIpc) is 3.04. The molecule has 5 nitrogen and oxygen atoms in total. The quantitative estimate of drug-likeness (QED) is 0.918. The Labute approximate surface area is 140 Å². The molecule has 3 rings (SSSR count).